The molecule has 0 aromatic heterocycles. The van der Waals surface area contributed by atoms with E-state index in [1.807, 2.05) is 31.2 Å². The van der Waals surface area contributed by atoms with Gasteiger partial charge in [-0.05, 0) is 44.7 Å². The Morgan fingerprint density at radius 1 is 1.19 bits per heavy atom. The topological polar surface area (TPSA) is 93.8 Å². The van der Waals surface area contributed by atoms with Crippen molar-refractivity contribution in [3.63, 3.8) is 0 Å². The van der Waals surface area contributed by atoms with Crippen molar-refractivity contribution in [2.75, 3.05) is 29.9 Å². The molecule has 8 heteroatoms. The fourth-order valence-electron chi connectivity index (χ4n) is 3.40. The third-order valence-electron chi connectivity index (χ3n) is 5.24. The van der Waals surface area contributed by atoms with Crippen LogP contribution in [0.25, 0.3) is 0 Å². The molecule has 0 aliphatic carbocycles. The number of hydrogen-bond acceptors (Lipinski definition) is 5. The Bertz CT molecular complexity index is 732. The summed E-state index contributed by atoms with van der Waals surface area (Å²) in [6, 6.07) is 7.26. The zero-order chi connectivity index (χ0) is 19.4. The zero-order valence-electron chi connectivity index (χ0n) is 15.9. The van der Waals surface area contributed by atoms with Gasteiger partial charge in [0.05, 0.1) is 17.9 Å². The number of carbonyl (C=O) groups is 3. The summed E-state index contributed by atoms with van der Waals surface area (Å²) in [5.41, 5.74) is 3.35. The molecule has 27 heavy (non-hydrogen) atoms. The third-order valence-corrected chi connectivity index (χ3v) is 5.24. The van der Waals surface area contributed by atoms with E-state index < -0.39 is 23.4 Å². The molecule has 2 aliphatic rings. The number of amides is 4. The maximum atomic E-state index is 12.3. The Morgan fingerprint density at radius 2 is 1.89 bits per heavy atom. The Kier molecular flexibility index (Phi) is 5.53. The molecule has 3 rings (SSSR count). The number of hydrogen-bond donors (Lipinski definition) is 3. The SMILES string of the molecule is CC[C@@]1(C)NC(=O)N(NC(=O)CNc2ccccc2N2CCCCC2)C1=O. The molecule has 2 fully saturated rings. The van der Waals surface area contributed by atoms with E-state index in [9.17, 15) is 14.4 Å². The monoisotopic (exact) mass is 373 g/mol. The van der Waals surface area contributed by atoms with Crippen LogP contribution in [-0.4, -0.2) is 48.0 Å². The van der Waals surface area contributed by atoms with Crippen molar-refractivity contribution < 1.29 is 14.4 Å². The van der Waals surface area contributed by atoms with Crippen LogP contribution in [-0.2, 0) is 9.59 Å². The van der Waals surface area contributed by atoms with Crippen molar-refractivity contribution in [1.82, 2.24) is 15.8 Å². The molecule has 2 heterocycles. The van der Waals surface area contributed by atoms with Gasteiger partial charge in [0.1, 0.15) is 5.54 Å². The molecule has 0 radical (unpaired) electrons. The summed E-state index contributed by atoms with van der Waals surface area (Å²) >= 11 is 0. The van der Waals surface area contributed by atoms with Gasteiger partial charge in [0.2, 0.25) is 0 Å². The molecule has 1 atom stereocenters. The standard InChI is InChI=1S/C19H27N5O3/c1-3-19(2)17(26)24(18(27)21-19)22-16(25)13-20-14-9-5-6-10-15(14)23-11-7-4-8-12-23/h5-6,9-10,20H,3-4,7-8,11-13H2,1-2H3,(H,21,27)(H,22,25)/t19-/m1/s1. The minimum atomic E-state index is -0.974. The first-order valence-electron chi connectivity index (χ1n) is 9.48. The average Bonchev–Trinajstić information content (AvgIpc) is 2.91. The Labute approximate surface area is 159 Å². The minimum absolute atomic E-state index is 0.0370. The molecule has 4 amide bonds. The van der Waals surface area contributed by atoms with Gasteiger partial charge >= 0.3 is 6.03 Å². The maximum absolute atomic E-state index is 12.3. The van der Waals surface area contributed by atoms with E-state index >= 15 is 0 Å². The lowest BCUT2D eigenvalue weighted by atomic mass is 10.00. The number of nitrogens with zero attached hydrogens (tertiary/aromatic N) is 2. The highest BCUT2D eigenvalue weighted by Crippen LogP contribution is 2.28. The third kappa shape index (κ3) is 3.99. The van der Waals surface area contributed by atoms with Crippen LogP contribution >= 0.6 is 0 Å². The Morgan fingerprint density at radius 3 is 2.56 bits per heavy atom. The first-order chi connectivity index (χ1) is 12.9. The lowest BCUT2D eigenvalue weighted by Crippen LogP contribution is -2.50. The van der Waals surface area contributed by atoms with Gasteiger partial charge in [-0.25, -0.2) is 4.79 Å². The number of hydrazine groups is 1. The van der Waals surface area contributed by atoms with E-state index in [1.165, 1.54) is 6.42 Å². The molecule has 2 saturated heterocycles. The number of imide groups is 1. The van der Waals surface area contributed by atoms with Crippen LogP contribution < -0.4 is 21.0 Å². The second kappa shape index (κ2) is 7.85. The average molecular weight is 373 g/mol. The fourth-order valence-corrected chi connectivity index (χ4v) is 3.40. The molecule has 3 N–H and O–H groups in total. The van der Waals surface area contributed by atoms with Gasteiger partial charge in [0.15, 0.2) is 0 Å². The van der Waals surface area contributed by atoms with Crippen LogP contribution in [0.1, 0.15) is 39.5 Å². The summed E-state index contributed by atoms with van der Waals surface area (Å²) in [7, 11) is 0. The summed E-state index contributed by atoms with van der Waals surface area (Å²) in [4.78, 5) is 38.9. The number of para-hydroxylation sites is 2. The highest BCUT2D eigenvalue weighted by molar-refractivity contribution is 6.07. The van der Waals surface area contributed by atoms with Crippen LogP contribution in [0, 0.1) is 0 Å². The lowest BCUT2D eigenvalue weighted by molar-refractivity contribution is -0.138. The zero-order valence-corrected chi connectivity index (χ0v) is 15.9. The quantitative estimate of drug-likeness (QED) is 0.662. The molecule has 8 nitrogen and oxygen atoms in total. The Hall–Kier alpha value is -2.77. The number of nitrogens with one attached hydrogen (secondary N) is 3. The van der Waals surface area contributed by atoms with Crippen molar-refractivity contribution >= 4 is 29.2 Å². The number of rotatable bonds is 6. The van der Waals surface area contributed by atoms with Gasteiger partial charge in [-0.3, -0.25) is 15.0 Å². The molecule has 0 unspecified atom stereocenters. The molecule has 0 saturated carbocycles. The molecular weight excluding hydrogens is 346 g/mol. The summed E-state index contributed by atoms with van der Waals surface area (Å²) in [6.45, 7) is 5.42. The normalized spacial score (nSPS) is 22.6. The summed E-state index contributed by atoms with van der Waals surface area (Å²) in [6.07, 6.45) is 4.02. The van der Waals surface area contributed by atoms with Crippen LogP contribution in [0.15, 0.2) is 24.3 Å². The number of anilines is 2. The van der Waals surface area contributed by atoms with Gasteiger partial charge in [-0.15, -0.1) is 0 Å². The minimum Gasteiger partial charge on any atom is -0.374 e. The molecule has 0 spiro atoms. The first-order valence-corrected chi connectivity index (χ1v) is 9.48. The summed E-state index contributed by atoms with van der Waals surface area (Å²) in [5, 5.41) is 6.50. The van der Waals surface area contributed by atoms with Crippen LogP contribution in [0.3, 0.4) is 0 Å². The maximum Gasteiger partial charge on any atom is 0.344 e. The molecule has 2 aliphatic heterocycles. The predicted molar refractivity (Wildman–Crippen MR) is 103 cm³/mol. The second-order valence-corrected chi connectivity index (χ2v) is 7.21. The summed E-state index contributed by atoms with van der Waals surface area (Å²) in [5.74, 6) is -0.899. The van der Waals surface area contributed by atoms with Crippen molar-refractivity contribution in [3.8, 4) is 0 Å². The number of piperidine rings is 1. The molecular formula is C19H27N5O3. The smallest absolute Gasteiger partial charge is 0.344 e. The number of carbonyl (C=O) groups excluding carboxylic acids is 3. The van der Waals surface area contributed by atoms with E-state index in [-0.39, 0.29) is 6.54 Å². The van der Waals surface area contributed by atoms with E-state index in [0.29, 0.717) is 6.42 Å². The number of urea groups is 1. The highest BCUT2D eigenvalue weighted by Gasteiger charge is 2.47. The van der Waals surface area contributed by atoms with Crippen LogP contribution in [0.4, 0.5) is 16.2 Å². The van der Waals surface area contributed by atoms with Gasteiger partial charge in [-0.1, -0.05) is 19.1 Å². The van der Waals surface area contributed by atoms with Crippen molar-refractivity contribution in [3.05, 3.63) is 24.3 Å². The van der Waals surface area contributed by atoms with Crippen molar-refractivity contribution in [2.45, 2.75) is 45.1 Å². The van der Waals surface area contributed by atoms with Gasteiger partial charge in [-0.2, -0.15) is 5.01 Å². The van der Waals surface area contributed by atoms with Crippen molar-refractivity contribution in [2.24, 2.45) is 0 Å². The predicted octanol–water partition coefficient (Wildman–Crippen LogP) is 1.84. The van der Waals surface area contributed by atoms with Gasteiger partial charge in [0, 0.05) is 13.1 Å². The highest BCUT2D eigenvalue weighted by atomic mass is 16.2. The van der Waals surface area contributed by atoms with Gasteiger partial charge < -0.3 is 15.5 Å². The van der Waals surface area contributed by atoms with E-state index in [2.05, 4.69) is 21.0 Å². The first kappa shape index (κ1) is 19.0. The van der Waals surface area contributed by atoms with E-state index in [1.54, 1.807) is 6.92 Å². The van der Waals surface area contributed by atoms with Crippen LogP contribution in [0.2, 0.25) is 0 Å². The molecule has 1 aromatic carbocycles. The van der Waals surface area contributed by atoms with Gasteiger partial charge in [0.25, 0.3) is 11.8 Å². The van der Waals surface area contributed by atoms with E-state index in [4.69, 9.17) is 0 Å². The fraction of sp³-hybridized carbons (Fsp3) is 0.526. The molecule has 146 valence electrons. The van der Waals surface area contributed by atoms with Crippen molar-refractivity contribution in [1.29, 1.82) is 0 Å². The summed E-state index contributed by atoms with van der Waals surface area (Å²) < 4.78 is 0. The van der Waals surface area contributed by atoms with E-state index in [0.717, 1.165) is 42.3 Å². The second-order valence-electron chi connectivity index (χ2n) is 7.21. The van der Waals surface area contributed by atoms with Crippen LogP contribution in [0.5, 0.6) is 0 Å². The molecule has 1 aromatic rings. The largest absolute Gasteiger partial charge is 0.374 e. The molecule has 0 bridgehead atoms. The Balaban J connectivity index is 1.60. The lowest BCUT2D eigenvalue weighted by Gasteiger charge is -2.30. The number of benzene rings is 1.